The van der Waals surface area contributed by atoms with E-state index in [0.717, 1.165) is 31.4 Å². The Labute approximate surface area is 107 Å². The maximum Gasteiger partial charge on any atom is 0.276 e. The second-order valence-corrected chi connectivity index (χ2v) is 6.02. The van der Waals surface area contributed by atoms with E-state index in [9.17, 15) is 8.42 Å². The van der Waals surface area contributed by atoms with Gasteiger partial charge in [-0.15, -0.1) is 0 Å². The van der Waals surface area contributed by atoms with Gasteiger partial charge >= 0.3 is 0 Å². The number of rotatable bonds is 3. The number of nitrogens with one attached hydrogen (secondary N) is 1. The van der Waals surface area contributed by atoms with Crippen molar-refractivity contribution >= 4 is 15.7 Å². The molecular weight excluding hydrogens is 250 g/mol. The van der Waals surface area contributed by atoms with Gasteiger partial charge in [0, 0.05) is 6.04 Å². The van der Waals surface area contributed by atoms with Gasteiger partial charge in [-0.05, 0) is 31.4 Å². The zero-order valence-corrected chi connectivity index (χ0v) is 10.9. The van der Waals surface area contributed by atoms with Crippen LogP contribution in [0.2, 0.25) is 0 Å². The van der Waals surface area contributed by atoms with Gasteiger partial charge in [-0.1, -0.05) is 24.6 Å². The van der Waals surface area contributed by atoms with E-state index in [1.54, 1.807) is 18.2 Å². The fourth-order valence-corrected chi connectivity index (χ4v) is 2.79. The fourth-order valence-electron chi connectivity index (χ4n) is 1.93. The lowest BCUT2D eigenvalue weighted by Gasteiger charge is -2.19. The molecule has 1 aromatic rings. The van der Waals surface area contributed by atoms with Crippen molar-refractivity contribution in [3.8, 4) is 0 Å². The van der Waals surface area contributed by atoms with Crippen LogP contribution in [-0.4, -0.2) is 20.2 Å². The molecule has 5 nitrogen and oxygen atoms in total. The van der Waals surface area contributed by atoms with E-state index in [1.165, 1.54) is 12.1 Å². The molecule has 1 atom stereocenters. The molecule has 0 bridgehead atoms. The van der Waals surface area contributed by atoms with E-state index in [2.05, 4.69) is 9.93 Å². The third-order valence-corrected chi connectivity index (χ3v) is 4.21. The first-order chi connectivity index (χ1) is 8.59. The van der Waals surface area contributed by atoms with Crippen molar-refractivity contribution in [2.24, 2.45) is 10.8 Å². The van der Waals surface area contributed by atoms with Crippen LogP contribution in [0.25, 0.3) is 0 Å². The monoisotopic (exact) mass is 267 g/mol. The second-order valence-electron chi connectivity index (χ2n) is 4.36. The summed E-state index contributed by atoms with van der Waals surface area (Å²) in [4.78, 5) is 2.46. The van der Waals surface area contributed by atoms with E-state index < -0.39 is 10.0 Å². The maximum absolute atomic E-state index is 11.9. The number of nitrogens with two attached hydrogens (primary N) is 1. The molecule has 0 amide bonds. The summed E-state index contributed by atoms with van der Waals surface area (Å²) in [5.41, 5.74) is 6.62. The predicted molar refractivity (Wildman–Crippen MR) is 70.6 cm³/mol. The van der Waals surface area contributed by atoms with Crippen molar-refractivity contribution in [1.29, 1.82) is 0 Å². The first-order valence-corrected chi connectivity index (χ1v) is 7.47. The van der Waals surface area contributed by atoms with Crippen LogP contribution in [0, 0.1) is 0 Å². The molecule has 1 aliphatic carbocycles. The third kappa shape index (κ3) is 3.08. The highest BCUT2D eigenvalue weighted by molar-refractivity contribution is 7.89. The van der Waals surface area contributed by atoms with Gasteiger partial charge in [-0.25, -0.2) is 4.83 Å². The van der Waals surface area contributed by atoms with Crippen LogP contribution in [-0.2, 0) is 10.0 Å². The van der Waals surface area contributed by atoms with E-state index in [4.69, 9.17) is 5.73 Å². The van der Waals surface area contributed by atoms with Crippen molar-refractivity contribution in [2.45, 2.75) is 36.6 Å². The molecule has 18 heavy (non-hydrogen) atoms. The Balaban J connectivity index is 2.12. The molecule has 1 unspecified atom stereocenters. The molecule has 1 saturated carbocycles. The average molecular weight is 267 g/mol. The van der Waals surface area contributed by atoms with E-state index >= 15 is 0 Å². The lowest BCUT2D eigenvalue weighted by Crippen LogP contribution is -2.35. The van der Waals surface area contributed by atoms with Gasteiger partial charge in [0.15, 0.2) is 0 Å². The number of hydrazone groups is 1. The van der Waals surface area contributed by atoms with Crippen LogP contribution >= 0.6 is 0 Å². The summed E-state index contributed by atoms with van der Waals surface area (Å²) in [6, 6.07) is 8.05. The van der Waals surface area contributed by atoms with Crippen molar-refractivity contribution in [1.82, 2.24) is 4.83 Å². The van der Waals surface area contributed by atoms with Gasteiger partial charge in [-0.3, -0.25) is 0 Å². The minimum absolute atomic E-state index is 0.128. The minimum Gasteiger partial charge on any atom is -0.323 e. The number of sulfonamides is 1. The molecule has 3 N–H and O–H groups in total. The molecule has 0 heterocycles. The molecule has 0 spiro atoms. The summed E-state index contributed by atoms with van der Waals surface area (Å²) in [6.07, 6.45) is 3.72. The number of nitrogens with zero attached hydrogens (tertiary/aromatic N) is 1. The molecule has 0 saturated heterocycles. The third-order valence-electron chi connectivity index (χ3n) is 2.99. The second kappa shape index (κ2) is 5.49. The topological polar surface area (TPSA) is 84.5 Å². The van der Waals surface area contributed by atoms with Crippen LogP contribution in [0.1, 0.15) is 25.7 Å². The molecule has 2 rings (SSSR count). The summed E-state index contributed by atoms with van der Waals surface area (Å²) in [6.45, 7) is 0. The maximum atomic E-state index is 11.9. The molecule has 0 aliphatic heterocycles. The van der Waals surface area contributed by atoms with Gasteiger partial charge in [0.1, 0.15) is 0 Å². The Morgan fingerprint density at radius 1 is 1.22 bits per heavy atom. The smallest absolute Gasteiger partial charge is 0.276 e. The van der Waals surface area contributed by atoms with Crippen molar-refractivity contribution in [3.63, 3.8) is 0 Å². The molecule has 1 fully saturated rings. The molecule has 0 radical (unpaired) electrons. The highest BCUT2D eigenvalue weighted by Crippen LogP contribution is 2.14. The first-order valence-electron chi connectivity index (χ1n) is 5.98. The molecular formula is C12H17N3O2S. The summed E-state index contributed by atoms with van der Waals surface area (Å²) in [5.74, 6) is 0. The highest BCUT2D eigenvalue weighted by atomic mass is 32.2. The first kappa shape index (κ1) is 13.0. The van der Waals surface area contributed by atoms with Crippen LogP contribution in [0.15, 0.2) is 40.3 Å². The summed E-state index contributed by atoms with van der Waals surface area (Å²) in [5, 5.41) is 3.97. The van der Waals surface area contributed by atoms with Crippen molar-refractivity contribution < 1.29 is 8.42 Å². The minimum atomic E-state index is -3.58. The van der Waals surface area contributed by atoms with Crippen LogP contribution < -0.4 is 10.6 Å². The van der Waals surface area contributed by atoms with Gasteiger partial charge in [-0.2, -0.15) is 13.5 Å². The average Bonchev–Trinajstić information content (AvgIpc) is 2.39. The molecule has 1 aromatic carbocycles. The molecule has 0 aromatic heterocycles. The number of benzene rings is 1. The largest absolute Gasteiger partial charge is 0.323 e. The van der Waals surface area contributed by atoms with Crippen LogP contribution in [0.4, 0.5) is 0 Å². The van der Waals surface area contributed by atoms with Gasteiger partial charge in [0.25, 0.3) is 10.0 Å². The Morgan fingerprint density at radius 3 is 2.61 bits per heavy atom. The van der Waals surface area contributed by atoms with Crippen molar-refractivity contribution in [2.75, 3.05) is 0 Å². The normalized spacial score (nSPS) is 22.9. The van der Waals surface area contributed by atoms with E-state index in [1.807, 2.05) is 0 Å². The Morgan fingerprint density at radius 2 is 1.94 bits per heavy atom. The SMILES string of the molecule is NC1CCCC/C1=N/NS(=O)(=O)c1ccccc1. The summed E-state index contributed by atoms with van der Waals surface area (Å²) < 4.78 is 23.8. The molecule has 98 valence electrons. The summed E-state index contributed by atoms with van der Waals surface area (Å²) in [7, 11) is -3.58. The Kier molecular flexibility index (Phi) is 3.98. The summed E-state index contributed by atoms with van der Waals surface area (Å²) >= 11 is 0. The highest BCUT2D eigenvalue weighted by Gasteiger charge is 2.18. The number of hydrogen-bond acceptors (Lipinski definition) is 4. The molecule has 6 heteroatoms. The Hall–Kier alpha value is -1.40. The van der Waals surface area contributed by atoms with Crippen LogP contribution in [0.5, 0.6) is 0 Å². The fraction of sp³-hybridized carbons (Fsp3) is 0.417. The predicted octanol–water partition coefficient (Wildman–Crippen LogP) is 1.22. The lowest BCUT2D eigenvalue weighted by molar-refractivity contribution is 0.578. The zero-order valence-electron chi connectivity index (χ0n) is 10.0. The van der Waals surface area contributed by atoms with Gasteiger partial charge in [0.05, 0.1) is 10.6 Å². The standard InChI is InChI=1S/C12H17N3O2S/c13-11-8-4-5-9-12(11)14-15-18(16,17)10-6-2-1-3-7-10/h1-3,6-7,11,15H,4-5,8-9,13H2/b14-12-. The van der Waals surface area contributed by atoms with Gasteiger partial charge < -0.3 is 5.73 Å². The lowest BCUT2D eigenvalue weighted by atomic mass is 9.94. The van der Waals surface area contributed by atoms with Crippen LogP contribution in [0.3, 0.4) is 0 Å². The van der Waals surface area contributed by atoms with E-state index in [-0.39, 0.29) is 10.9 Å². The van der Waals surface area contributed by atoms with Gasteiger partial charge in [0.2, 0.25) is 0 Å². The quantitative estimate of drug-likeness (QED) is 0.808. The number of hydrogen-bond donors (Lipinski definition) is 2. The Bertz CT molecular complexity index is 526. The molecule has 1 aliphatic rings. The van der Waals surface area contributed by atoms with Crippen molar-refractivity contribution in [3.05, 3.63) is 30.3 Å². The zero-order chi connectivity index (χ0) is 13.0. The van der Waals surface area contributed by atoms with E-state index in [0.29, 0.717) is 0 Å².